The van der Waals surface area contributed by atoms with Gasteiger partial charge in [0.25, 0.3) is 0 Å². The predicted molar refractivity (Wildman–Crippen MR) is 58.6 cm³/mol. The highest BCUT2D eigenvalue weighted by Gasteiger charge is 1.98. The normalized spacial score (nSPS) is 9.93. The maximum atomic E-state index is 4.08. The van der Waals surface area contributed by atoms with E-state index >= 15 is 0 Å². The molecule has 0 fully saturated rings. The topological polar surface area (TPSA) is 55.6 Å². The van der Waals surface area contributed by atoms with Crippen molar-refractivity contribution in [1.29, 1.82) is 0 Å². The maximum Gasteiger partial charge on any atom is 0.134 e. The average Bonchev–Trinajstić information content (AvgIpc) is 2.64. The monoisotopic (exact) mass is 201 g/mol. The van der Waals surface area contributed by atoms with Gasteiger partial charge in [-0.15, -0.1) is 0 Å². The lowest BCUT2D eigenvalue weighted by Gasteiger charge is -2.01. The van der Waals surface area contributed by atoms with Gasteiger partial charge in [0, 0.05) is 19.3 Å². The van der Waals surface area contributed by atoms with E-state index in [1.807, 2.05) is 19.3 Å². The minimum absolute atomic E-state index is 0.730. The molecule has 76 valence electrons. The summed E-state index contributed by atoms with van der Waals surface area (Å²) in [6, 6.07) is 1.82. The minimum Gasteiger partial charge on any atom is -0.338 e. The molecule has 2 aromatic heterocycles. The van der Waals surface area contributed by atoms with Gasteiger partial charge in [-0.25, -0.2) is 9.97 Å². The van der Waals surface area contributed by atoms with Crippen LogP contribution >= 0.6 is 0 Å². The van der Waals surface area contributed by atoms with Crippen LogP contribution in [-0.2, 0) is 7.05 Å². The number of anilines is 2. The van der Waals surface area contributed by atoms with Crippen LogP contribution in [0.25, 0.3) is 6.08 Å². The van der Waals surface area contributed by atoms with Gasteiger partial charge in [0.2, 0.25) is 0 Å². The fourth-order valence-electron chi connectivity index (χ4n) is 1.19. The van der Waals surface area contributed by atoms with Crippen molar-refractivity contribution in [2.45, 2.75) is 0 Å². The third-order valence-corrected chi connectivity index (χ3v) is 1.87. The Kier molecular flexibility index (Phi) is 2.45. The van der Waals surface area contributed by atoms with Crippen molar-refractivity contribution in [2.24, 2.45) is 7.05 Å². The molecule has 0 saturated heterocycles. The Morgan fingerprint density at radius 1 is 1.47 bits per heavy atom. The van der Waals surface area contributed by atoms with E-state index < -0.39 is 0 Å². The summed E-state index contributed by atoms with van der Waals surface area (Å²) in [5.41, 5.74) is 1.68. The molecule has 0 aliphatic heterocycles. The molecule has 15 heavy (non-hydrogen) atoms. The van der Waals surface area contributed by atoms with Gasteiger partial charge in [-0.05, 0) is 6.08 Å². The van der Waals surface area contributed by atoms with Crippen molar-refractivity contribution >= 4 is 17.6 Å². The lowest BCUT2D eigenvalue weighted by Crippen LogP contribution is -1.94. The highest BCUT2D eigenvalue weighted by molar-refractivity contribution is 5.56. The molecule has 0 amide bonds. The Balaban J connectivity index is 2.20. The number of rotatable bonds is 3. The van der Waals surface area contributed by atoms with E-state index in [1.54, 1.807) is 17.0 Å². The van der Waals surface area contributed by atoms with Crippen molar-refractivity contribution in [3.05, 3.63) is 37.1 Å². The van der Waals surface area contributed by atoms with Gasteiger partial charge in [-0.3, -0.25) is 4.68 Å². The van der Waals surface area contributed by atoms with Crippen LogP contribution in [0.1, 0.15) is 5.69 Å². The van der Waals surface area contributed by atoms with Gasteiger partial charge in [0.05, 0.1) is 17.6 Å². The zero-order chi connectivity index (χ0) is 10.7. The largest absolute Gasteiger partial charge is 0.338 e. The van der Waals surface area contributed by atoms with Crippen molar-refractivity contribution in [1.82, 2.24) is 19.7 Å². The Morgan fingerprint density at radius 2 is 2.33 bits per heavy atom. The molecule has 0 bridgehead atoms. The summed E-state index contributed by atoms with van der Waals surface area (Å²) in [6.07, 6.45) is 6.78. The van der Waals surface area contributed by atoms with Crippen LogP contribution in [0.3, 0.4) is 0 Å². The first kappa shape index (κ1) is 9.39. The van der Waals surface area contributed by atoms with Crippen LogP contribution in [0.15, 0.2) is 31.4 Å². The average molecular weight is 201 g/mol. The molecule has 5 heteroatoms. The van der Waals surface area contributed by atoms with E-state index in [-0.39, 0.29) is 0 Å². The molecule has 2 aromatic rings. The van der Waals surface area contributed by atoms with E-state index in [9.17, 15) is 0 Å². The first-order valence-electron chi connectivity index (χ1n) is 4.48. The van der Waals surface area contributed by atoms with Gasteiger partial charge in [-0.1, -0.05) is 6.58 Å². The van der Waals surface area contributed by atoms with Crippen LogP contribution in [-0.4, -0.2) is 19.7 Å². The van der Waals surface area contributed by atoms with Crippen LogP contribution in [0.5, 0.6) is 0 Å². The Labute approximate surface area is 87.5 Å². The zero-order valence-electron chi connectivity index (χ0n) is 8.38. The summed E-state index contributed by atoms with van der Waals surface area (Å²) < 4.78 is 1.72. The van der Waals surface area contributed by atoms with E-state index in [0.29, 0.717) is 0 Å². The van der Waals surface area contributed by atoms with Gasteiger partial charge in [0.1, 0.15) is 12.1 Å². The molecular formula is C10H11N5. The van der Waals surface area contributed by atoms with E-state index in [4.69, 9.17) is 0 Å². The van der Waals surface area contributed by atoms with E-state index in [0.717, 1.165) is 17.2 Å². The summed E-state index contributed by atoms with van der Waals surface area (Å²) in [7, 11) is 1.86. The molecule has 0 spiro atoms. The quantitative estimate of drug-likeness (QED) is 0.819. The van der Waals surface area contributed by atoms with Crippen LogP contribution in [0.4, 0.5) is 11.5 Å². The summed E-state index contributed by atoms with van der Waals surface area (Å²) in [6.45, 7) is 3.65. The molecule has 0 atom stereocenters. The summed E-state index contributed by atoms with van der Waals surface area (Å²) in [4.78, 5) is 8.10. The van der Waals surface area contributed by atoms with Gasteiger partial charge < -0.3 is 5.32 Å². The highest BCUT2D eigenvalue weighted by atomic mass is 15.3. The number of nitrogens with zero attached hydrogens (tertiary/aromatic N) is 4. The Hall–Kier alpha value is -2.17. The van der Waals surface area contributed by atoms with Crippen LogP contribution in [0.2, 0.25) is 0 Å². The fourth-order valence-corrected chi connectivity index (χ4v) is 1.19. The standard InChI is InChI=1S/C10H11N5/c1-3-8-4-10(12-7-11-8)14-9-5-13-15(2)6-9/h3-7H,1H2,2H3,(H,11,12,14). The molecule has 0 aromatic carbocycles. The third kappa shape index (κ3) is 2.19. The lowest BCUT2D eigenvalue weighted by molar-refractivity contribution is 0.768. The smallest absolute Gasteiger partial charge is 0.134 e. The number of aryl methyl sites for hydroxylation is 1. The summed E-state index contributed by atoms with van der Waals surface area (Å²) in [5.74, 6) is 0.730. The van der Waals surface area contributed by atoms with Gasteiger partial charge in [0.15, 0.2) is 0 Å². The van der Waals surface area contributed by atoms with Crippen molar-refractivity contribution in [3.8, 4) is 0 Å². The summed E-state index contributed by atoms with van der Waals surface area (Å²) in [5, 5.41) is 7.16. The Morgan fingerprint density at radius 3 is 3.00 bits per heavy atom. The van der Waals surface area contributed by atoms with E-state index in [1.165, 1.54) is 6.33 Å². The predicted octanol–water partition coefficient (Wildman–Crippen LogP) is 1.60. The SMILES string of the molecule is C=Cc1cc(Nc2cnn(C)c2)ncn1. The second-order valence-corrected chi connectivity index (χ2v) is 3.06. The molecule has 2 rings (SSSR count). The molecule has 0 aliphatic carbocycles. The Bertz CT molecular complexity index is 474. The van der Waals surface area contributed by atoms with E-state index in [2.05, 4.69) is 27.0 Å². The van der Waals surface area contributed by atoms with Crippen molar-refractivity contribution in [2.75, 3.05) is 5.32 Å². The summed E-state index contributed by atoms with van der Waals surface area (Å²) >= 11 is 0. The second-order valence-electron chi connectivity index (χ2n) is 3.06. The van der Waals surface area contributed by atoms with Crippen molar-refractivity contribution < 1.29 is 0 Å². The molecular weight excluding hydrogens is 190 g/mol. The molecule has 5 nitrogen and oxygen atoms in total. The van der Waals surface area contributed by atoms with Gasteiger partial charge in [-0.2, -0.15) is 5.10 Å². The molecule has 0 radical (unpaired) electrons. The van der Waals surface area contributed by atoms with Crippen LogP contribution < -0.4 is 5.32 Å². The number of aromatic nitrogens is 4. The number of hydrogen-bond donors (Lipinski definition) is 1. The maximum absolute atomic E-state index is 4.08. The third-order valence-electron chi connectivity index (χ3n) is 1.87. The molecule has 2 heterocycles. The molecule has 0 aliphatic rings. The number of hydrogen-bond acceptors (Lipinski definition) is 4. The van der Waals surface area contributed by atoms with Crippen LogP contribution in [0, 0.1) is 0 Å². The molecule has 0 saturated carbocycles. The molecule has 0 unspecified atom stereocenters. The second kappa shape index (κ2) is 3.91. The lowest BCUT2D eigenvalue weighted by atomic mass is 10.4. The number of nitrogens with one attached hydrogen (secondary N) is 1. The molecule has 1 N–H and O–H groups in total. The first-order valence-corrected chi connectivity index (χ1v) is 4.48. The first-order chi connectivity index (χ1) is 7.28. The van der Waals surface area contributed by atoms with Crippen molar-refractivity contribution in [3.63, 3.8) is 0 Å². The van der Waals surface area contributed by atoms with Gasteiger partial charge >= 0.3 is 0 Å². The fraction of sp³-hybridized carbons (Fsp3) is 0.100. The highest BCUT2D eigenvalue weighted by Crippen LogP contribution is 2.13. The zero-order valence-corrected chi connectivity index (χ0v) is 8.38. The minimum atomic E-state index is 0.730.